The van der Waals surface area contributed by atoms with Crippen molar-refractivity contribution in [1.29, 1.82) is 0 Å². The van der Waals surface area contributed by atoms with Gasteiger partial charge < -0.3 is 9.47 Å². The van der Waals surface area contributed by atoms with Gasteiger partial charge in [-0.15, -0.1) is 0 Å². The number of imidazole rings is 1. The molecule has 2 atom stereocenters. The maximum atomic E-state index is 13.2. The molecule has 2 aliphatic rings. The van der Waals surface area contributed by atoms with E-state index in [1.54, 1.807) is 6.20 Å². The van der Waals surface area contributed by atoms with Crippen molar-refractivity contribution in [3.05, 3.63) is 60.7 Å². The number of nitrogens with zero attached hydrogens (tertiary/aromatic N) is 4. The van der Waals surface area contributed by atoms with Gasteiger partial charge in [0.2, 0.25) is 5.91 Å². The number of hydrazine groups is 1. The van der Waals surface area contributed by atoms with E-state index >= 15 is 0 Å². The second-order valence-corrected chi connectivity index (χ2v) is 7.68. The molecule has 2 fully saturated rings. The van der Waals surface area contributed by atoms with Crippen LogP contribution in [0.3, 0.4) is 0 Å². The number of nitrogens with one attached hydrogen (secondary N) is 2. The van der Waals surface area contributed by atoms with E-state index < -0.39 is 0 Å². The summed E-state index contributed by atoms with van der Waals surface area (Å²) in [6.45, 7) is 1.36. The van der Waals surface area contributed by atoms with Crippen LogP contribution >= 0.6 is 0 Å². The van der Waals surface area contributed by atoms with E-state index in [9.17, 15) is 4.79 Å². The summed E-state index contributed by atoms with van der Waals surface area (Å²) in [6, 6.07) is 14.3. The van der Waals surface area contributed by atoms with Gasteiger partial charge in [-0.1, -0.05) is 18.2 Å². The number of para-hydroxylation sites is 2. The van der Waals surface area contributed by atoms with E-state index in [2.05, 4.69) is 31.5 Å². The fraction of sp³-hybridized carbons (Fsp3) is 0.381. The smallest absolute Gasteiger partial charge is 0.241 e. The Morgan fingerprint density at radius 2 is 1.96 bits per heavy atom. The summed E-state index contributed by atoms with van der Waals surface area (Å²) < 4.78 is 2.15. The van der Waals surface area contributed by atoms with Gasteiger partial charge in [0.1, 0.15) is 6.04 Å². The summed E-state index contributed by atoms with van der Waals surface area (Å²) in [5.74, 6) is 0.165. The molecular weight excluding hydrogens is 352 g/mol. The van der Waals surface area contributed by atoms with E-state index in [4.69, 9.17) is 0 Å². The minimum atomic E-state index is -0.205. The summed E-state index contributed by atoms with van der Waals surface area (Å²) in [7, 11) is 0. The molecule has 5 rings (SSSR count). The number of pyridine rings is 1. The van der Waals surface area contributed by atoms with Crippen LogP contribution in [0.1, 0.15) is 25.0 Å². The minimum Gasteiger partial charge on any atom is -0.332 e. The van der Waals surface area contributed by atoms with Crippen molar-refractivity contribution in [1.82, 2.24) is 30.3 Å². The first-order chi connectivity index (χ1) is 13.8. The first kappa shape index (κ1) is 17.3. The summed E-state index contributed by atoms with van der Waals surface area (Å²) in [5, 5.41) is 0. The van der Waals surface area contributed by atoms with Gasteiger partial charge in [-0.25, -0.2) is 10.4 Å². The number of fused-ring (bicyclic) bond motifs is 1. The minimum absolute atomic E-state index is 0.165. The quantitative estimate of drug-likeness (QED) is 0.687. The highest BCUT2D eigenvalue weighted by atomic mass is 16.2. The van der Waals surface area contributed by atoms with Crippen LogP contribution < -0.4 is 10.9 Å². The normalized spacial score (nSPS) is 21.9. The van der Waals surface area contributed by atoms with E-state index in [1.807, 2.05) is 47.6 Å². The van der Waals surface area contributed by atoms with Crippen molar-refractivity contribution in [2.45, 2.75) is 50.5 Å². The van der Waals surface area contributed by atoms with Crippen LogP contribution in [0.15, 0.2) is 55.0 Å². The van der Waals surface area contributed by atoms with Crippen molar-refractivity contribution >= 4 is 16.9 Å². The number of amides is 1. The van der Waals surface area contributed by atoms with Crippen molar-refractivity contribution in [2.75, 3.05) is 0 Å². The van der Waals surface area contributed by atoms with Gasteiger partial charge >= 0.3 is 0 Å². The third kappa shape index (κ3) is 3.50. The molecule has 1 saturated heterocycles. The highest BCUT2D eigenvalue weighted by molar-refractivity contribution is 5.82. The Morgan fingerprint density at radius 3 is 2.79 bits per heavy atom. The Bertz CT molecular complexity index is 967. The first-order valence-corrected chi connectivity index (χ1v) is 9.89. The van der Waals surface area contributed by atoms with Crippen LogP contribution in [0.25, 0.3) is 11.0 Å². The molecule has 7 nitrogen and oxygen atoms in total. The summed E-state index contributed by atoms with van der Waals surface area (Å²) >= 11 is 0. The molecule has 3 aromatic rings. The van der Waals surface area contributed by atoms with E-state index in [0.29, 0.717) is 12.6 Å². The number of rotatable bonds is 6. The number of carbonyl (C=O) groups excluding carboxylic acids is 1. The summed E-state index contributed by atoms with van der Waals surface area (Å²) in [6.07, 6.45) is 6.59. The molecule has 0 radical (unpaired) electrons. The molecule has 1 aliphatic heterocycles. The van der Waals surface area contributed by atoms with Crippen LogP contribution in [0.5, 0.6) is 0 Å². The zero-order chi connectivity index (χ0) is 18.9. The lowest BCUT2D eigenvalue weighted by molar-refractivity contribution is -0.134. The van der Waals surface area contributed by atoms with Gasteiger partial charge in [0.25, 0.3) is 0 Å². The third-order valence-electron chi connectivity index (χ3n) is 5.55. The molecule has 1 aliphatic carbocycles. The lowest BCUT2D eigenvalue weighted by atomic mass is 10.1. The molecule has 28 heavy (non-hydrogen) atoms. The molecule has 3 heterocycles. The SMILES string of the molecule is O=C(C1CC(Cn2cnc3ccccc32)NN1)N(Cc1ccccn1)C1CC1. The third-order valence-corrected chi connectivity index (χ3v) is 5.55. The second kappa shape index (κ2) is 7.33. The maximum Gasteiger partial charge on any atom is 0.241 e. The Hall–Kier alpha value is -2.77. The number of benzene rings is 1. The predicted molar refractivity (Wildman–Crippen MR) is 106 cm³/mol. The molecule has 7 heteroatoms. The fourth-order valence-electron chi connectivity index (χ4n) is 3.94. The fourth-order valence-corrected chi connectivity index (χ4v) is 3.94. The number of aromatic nitrogens is 3. The lowest BCUT2D eigenvalue weighted by Gasteiger charge is -2.25. The maximum absolute atomic E-state index is 13.2. The van der Waals surface area contributed by atoms with Gasteiger partial charge in [-0.05, 0) is 43.5 Å². The first-order valence-electron chi connectivity index (χ1n) is 9.89. The Kier molecular flexibility index (Phi) is 4.54. The molecule has 0 spiro atoms. The molecule has 0 bridgehead atoms. The largest absolute Gasteiger partial charge is 0.332 e. The number of hydrogen-bond donors (Lipinski definition) is 2. The Labute approximate surface area is 163 Å². The van der Waals surface area contributed by atoms with Crippen LogP contribution in [0.4, 0.5) is 0 Å². The van der Waals surface area contributed by atoms with Crippen molar-refractivity contribution < 1.29 is 4.79 Å². The van der Waals surface area contributed by atoms with Crippen LogP contribution in [-0.4, -0.2) is 43.5 Å². The zero-order valence-electron chi connectivity index (χ0n) is 15.7. The molecule has 1 aromatic carbocycles. The number of hydrogen-bond acceptors (Lipinski definition) is 5. The van der Waals surface area contributed by atoms with Gasteiger partial charge in [0, 0.05) is 24.8 Å². The van der Waals surface area contributed by atoms with Crippen molar-refractivity contribution in [3.63, 3.8) is 0 Å². The van der Waals surface area contributed by atoms with E-state index in [-0.39, 0.29) is 18.0 Å². The average molecular weight is 376 g/mol. The summed E-state index contributed by atoms with van der Waals surface area (Å²) in [4.78, 5) is 24.0. The Balaban J connectivity index is 1.25. The lowest BCUT2D eigenvalue weighted by Crippen LogP contribution is -2.46. The zero-order valence-corrected chi connectivity index (χ0v) is 15.7. The average Bonchev–Trinajstić information content (AvgIpc) is 3.34. The topological polar surface area (TPSA) is 75.1 Å². The molecular formula is C21H24N6O. The predicted octanol–water partition coefficient (Wildman–Crippen LogP) is 1.86. The standard InChI is InChI=1S/C21H24N6O/c28-21(27(17-8-9-17)13-15-5-3-4-10-22-15)19-11-16(24-25-19)12-26-14-23-18-6-1-2-7-20(18)26/h1-7,10,14,16-17,19,24-25H,8-9,11-13H2. The number of carbonyl (C=O) groups is 1. The molecule has 2 N–H and O–H groups in total. The highest BCUT2D eigenvalue weighted by Gasteiger charge is 2.39. The van der Waals surface area contributed by atoms with Crippen molar-refractivity contribution in [2.24, 2.45) is 0 Å². The monoisotopic (exact) mass is 376 g/mol. The van der Waals surface area contributed by atoms with E-state index in [1.165, 1.54) is 0 Å². The Morgan fingerprint density at radius 1 is 1.11 bits per heavy atom. The summed E-state index contributed by atoms with van der Waals surface area (Å²) in [5.41, 5.74) is 9.58. The second-order valence-electron chi connectivity index (χ2n) is 7.68. The highest BCUT2D eigenvalue weighted by Crippen LogP contribution is 2.29. The molecule has 1 amide bonds. The van der Waals surface area contributed by atoms with E-state index in [0.717, 1.165) is 42.5 Å². The molecule has 2 unspecified atom stereocenters. The molecule has 1 saturated carbocycles. The van der Waals surface area contributed by atoms with Crippen molar-refractivity contribution in [3.8, 4) is 0 Å². The van der Waals surface area contributed by atoms with Gasteiger partial charge in [-0.2, -0.15) is 0 Å². The van der Waals surface area contributed by atoms with Crippen LogP contribution in [-0.2, 0) is 17.9 Å². The van der Waals surface area contributed by atoms with Crippen LogP contribution in [0.2, 0.25) is 0 Å². The van der Waals surface area contributed by atoms with Gasteiger partial charge in [0.15, 0.2) is 0 Å². The van der Waals surface area contributed by atoms with Crippen LogP contribution in [0, 0.1) is 0 Å². The van der Waals surface area contributed by atoms with Gasteiger partial charge in [-0.3, -0.25) is 15.2 Å². The van der Waals surface area contributed by atoms with Gasteiger partial charge in [0.05, 0.1) is 29.6 Å². The molecule has 144 valence electrons. The molecule has 2 aromatic heterocycles.